The lowest BCUT2D eigenvalue weighted by Gasteiger charge is -2.43. The number of carbonyl (C=O) groups excluding carboxylic acids is 1. The predicted molar refractivity (Wildman–Crippen MR) is 63.8 cm³/mol. The molecule has 16 heavy (non-hydrogen) atoms. The minimum atomic E-state index is -0.557. The number of nitrogens with one attached hydrogen (secondary N) is 1. The molecular weight excluding hydrogens is 204 g/mol. The third-order valence-corrected chi connectivity index (χ3v) is 3.07. The number of nitrogens with zero attached hydrogens (tertiary/aromatic N) is 1. The Bertz CT molecular complexity index is 441. The summed E-state index contributed by atoms with van der Waals surface area (Å²) >= 11 is 0. The van der Waals surface area contributed by atoms with E-state index in [1.54, 1.807) is 12.1 Å². The van der Waals surface area contributed by atoms with E-state index in [2.05, 4.69) is 5.32 Å². The van der Waals surface area contributed by atoms with Gasteiger partial charge in [0.15, 0.2) is 0 Å². The SMILES string of the molecule is CCN1c2ccc(O)cc2NC(=O)C1(C)C. The smallest absolute Gasteiger partial charge is 0.249 e. The lowest BCUT2D eigenvalue weighted by atomic mass is 9.96. The van der Waals surface area contributed by atoms with E-state index in [4.69, 9.17) is 0 Å². The van der Waals surface area contributed by atoms with Gasteiger partial charge in [-0.1, -0.05) is 0 Å². The van der Waals surface area contributed by atoms with Crippen LogP contribution in [0.1, 0.15) is 20.8 Å². The van der Waals surface area contributed by atoms with Gasteiger partial charge < -0.3 is 15.3 Å². The minimum absolute atomic E-state index is 0.0487. The quantitative estimate of drug-likeness (QED) is 0.760. The number of likely N-dealkylation sites (N-methyl/N-ethyl adjacent to an activating group) is 1. The molecule has 0 radical (unpaired) electrons. The number of hydrogen-bond acceptors (Lipinski definition) is 3. The van der Waals surface area contributed by atoms with Crippen LogP contribution in [0.2, 0.25) is 0 Å². The average Bonchev–Trinajstić information content (AvgIpc) is 2.20. The Hall–Kier alpha value is -1.71. The summed E-state index contributed by atoms with van der Waals surface area (Å²) in [4.78, 5) is 14.0. The van der Waals surface area contributed by atoms with Crippen molar-refractivity contribution < 1.29 is 9.90 Å². The van der Waals surface area contributed by atoms with Crippen molar-refractivity contribution in [2.24, 2.45) is 0 Å². The highest BCUT2D eigenvalue weighted by molar-refractivity contribution is 6.06. The van der Waals surface area contributed by atoms with Gasteiger partial charge in [-0.05, 0) is 32.9 Å². The number of amides is 1. The number of phenols is 1. The normalized spacial score (nSPS) is 17.9. The maximum absolute atomic E-state index is 11.9. The monoisotopic (exact) mass is 220 g/mol. The van der Waals surface area contributed by atoms with Gasteiger partial charge in [-0.15, -0.1) is 0 Å². The number of phenolic OH excluding ortho intramolecular Hbond substituents is 1. The van der Waals surface area contributed by atoms with Gasteiger partial charge >= 0.3 is 0 Å². The Kier molecular flexibility index (Phi) is 2.30. The second kappa shape index (κ2) is 3.40. The molecule has 1 amide bonds. The Labute approximate surface area is 94.9 Å². The summed E-state index contributed by atoms with van der Waals surface area (Å²) in [7, 11) is 0. The molecule has 1 aromatic rings. The van der Waals surface area contributed by atoms with E-state index < -0.39 is 5.54 Å². The van der Waals surface area contributed by atoms with E-state index in [-0.39, 0.29) is 11.7 Å². The summed E-state index contributed by atoms with van der Waals surface area (Å²) in [5.41, 5.74) is 1.06. The first-order valence-electron chi connectivity index (χ1n) is 5.39. The fraction of sp³-hybridized carbons (Fsp3) is 0.417. The zero-order valence-corrected chi connectivity index (χ0v) is 9.74. The summed E-state index contributed by atoms with van der Waals surface area (Å²) < 4.78 is 0. The Morgan fingerprint density at radius 3 is 2.75 bits per heavy atom. The number of aromatic hydroxyl groups is 1. The van der Waals surface area contributed by atoms with Gasteiger partial charge in [0.25, 0.3) is 0 Å². The molecule has 1 aliphatic heterocycles. The molecule has 4 nitrogen and oxygen atoms in total. The van der Waals surface area contributed by atoms with Gasteiger partial charge in [0.1, 0.15) is 11.3 Å². The van der Waals surface area contributed by atoms with Crippen molar-refractivity contribution in [2.75, 3.05) is 16.8 Å². The van der Waals surface area contributed by atoms with Crippen LogP contribution in [0.5, 0.6) is 5.75 Å². The number of carbonyl (C=O) groups is 1. The Morgan fingerprint density at radius 2 is 2.12 bits per heavy atom. The van der Waals surface area contributed by atoms with Crippen LogP contribution in [0.15, 0.2) is 18.2 Å². The molecule has 2 N–H and O–H groups in total. The summed E-state index contributed by atoms with van der Waals surface area (Å²) in [6.07, 6.45) is 0. The molecule has 0 atom stereocenters. The fourth-order valence-corrected chi connectivity index (χ4v) is 2.12. The number of anilines is 2. The second-order valence-electron chi connectivity index (χ2n) is 4.46. The minimum Gasteiger partial charge on any atom is -0.508 e. The lowest BCUT2D eigenvalue weighted by molar-refractivity contribution is -0.120. The first kappa shape index (κ1) is 10.8. The van der Waals surface area contributed by atoms with Gasteiger partial charge in [0.05, 0.1) is 11.4 Å². The van der Waals surface area contributed by atoms with Crippen LogP contribution in [0.3, 0.4) is 0 Å². The van der Waals surface area contributed by atoms with Crippen LogP contribution in [-0.2, 0) is 4.79 Å². The van der Waals surface area contributed by atoms with E-state index in [0.717, 1.165) is 12.2 Å². The van der Waals surface area contributed by atoms with Crippen LogP contribution < -0.4 is 10.2 Å². The molecular formula is C12H16N2O2. The fourth-order valence-electron chi connectivity index (χ4n) is 2.12. The van der Waals surface area contributed by atoms with Crippen molar-refractivity contribution in [2.45, 2.75) is 26.3 Å². The molecule has 4 heteroatoms. The predicted octanol–water partition coefficient (Wildman–Crippen LogP) is 1.95. The van der Waals surface area contributed by atoms with Crippen LogP contribution in [0.4, 0.5) is 11.4 Å². The molecule has 0 spiro atoms. The Balaban J connectivity index is 2.56. The average molecular weight is 220 g/mol. The molecule has 2 rings (SSSR count). The third-order valence-electron chi connectivity index (χ3n) is 3.07. The molecule has 0 bridgehead atoms. The highest BCUT2D eigenvalue weighted by Crippen LogP contribution is 2.38. The maximum atomic E-state index is 11.9. The van der Waals surface area contributed by atoms with E-state index in [0.29, 0.717) is 5.69 Å². The van der Waals surface area contributed by atoms with Crippen molar-refractivity contribution in [3.8, 4) is 5.75 Å². The standard InChI is InChI=1S/C12H16N2O2/c1-4-14-10-6-5-8(15)7-9(10)13-11(16)12(14,2)3/h5-7,15H,4H2,1-3H3,(H,13,16). The van der Waals surface area contributed by atoms with Crippen molar-refractivity contribution in [1.29, 1.82) is 0 Å². The maximum Gasteiger partial charge on any atom is 0.249 e. The summed E-state index contributed by atoms with van der Waals surface area (Å²) in [6, 6.07) is 5.04. The lowest BCUT2D eigenvalue weighted by Crippen LogP contribution is -2.55. The van der Waals surface area contributed by atoms with E-state index in [1.165, 1.54) is 0 Å². The number of rotatable bonds is 1. The number of hydrogen-bond donors (Lipinski definition) is 2. The number of benzene rings is 1. The molecule has 0 aliphatic carbocycles. The molecule has 1 heterocycles. The second-order valence-corrected chi connectivity index (χ2v) is 4.46. The molecule has 0 saturated carbocycles. The van der Waals surface area contributed by atoms with Crippen LogP contribution in [-0.4, -0.2) is 23.1 Å². The molecule has 0 unspecified atom stereocenters. The van der Waals surface area contributed by atoms with Crippen molar-refractivity contribution in [1.82, 2.24) is 0 Å². The number of fused-ring (bicyclic) bond motifs is 1. The molecule has 0 saturated heterocycles. The molecule has 1 aromatic carbocycles. The third kappa shape index (κ3) is 1.41. The van der Waals surface area contributed by atoms with Crippen LogP contribution in [0, 0.1) is 0 Å². The van der Waals surface area contributed by atoms with Gasteiger partial charge in [0, 0.05) is 12.6 Å². The van der Waals surface area contributed by atoms with Crippen LogP contribution >= 0.6 is 0 Å². The van der Waals surface area contributed by atoms with E-state index in [9.17, 15) is 9.90 Å². The van der Waals surface area contributed by atoms with E-state index in [1.807, 2.05) is 31.7 Å². The summed E-state index contributed by atoms with van der Waals surface area (Å²) in [5.74, 6) is 0.113. The zero-order chi connectivity index (χ0) is 11.9. The van der Waals surface area contributed by atoms with Gasteiger partial charge in [-0.3, -0.25) is 4.79 Å². The molecule has 0 aromatic heterocycles. The van der Waals surface area contributed by atoms with Crippen molar-refractivity contribution >= 4 is 17.3 Å². The Morgan fingerprint density at radius 1 is 1.44 bits per heavy atom. The largest absolute Gasteiger partial charge is 0.508 e. The topological polar surface area (TPSA) is 52.6 Å². The molecule has 86 valence electrons. The summed E-state index contributed by atoms with van der Waals surface area (Å²) in [5, 5.41) is 12.2. The first-order chi connectivity index (χ1) is 7.46. The molecule has 1 aliphatic rings. The molecule has 0 fully saturated rings. The zero-order valence-electron chi connectivity index (χ0n) is 9.74. The van der Waals surface area contributed by atoms with Crippen LogP contribution in [0.25, 0.3) is 0 Å². The van der Waals surface area contributed by atoms with Gasteiger partial charge in [-0.2, -0.15) is 0 Å². The van der Waals surface area contributed by atoms with E-state index >= 15 is 0 Å². The van der Waals surface area contributed by atoms with Gasteiger partial charge in [-0.25, -0.2) is 0 Å². The highest BCUT2D eigenvalue weighted by Gasteiger charge is 2.39. The van der Waals surface area contributed by atoms with Crippen molar-refractivity contribution in [3.05, 3.63) is 18.2 Å². The highest BCUT2D eigenvalue weighted by atomic mass is 16.3. The first-order valence-corrected chi connectivity index (χ1v) is 5.39. The van der Waals surface area contributed by atoms with Gasteiger partial charge in [0.2, 0.25) is 5.91 Å². The summed E-state index contributed by atoms with van der Waals surface area (Å²) in [6.45, 7) is 6.54. The van der Waals surface area contributed by atoms with Crippen molar-refractivity contribution in [3.63, 3.8) is 0 Å².